The number of ether oxygens (including phenoxy) is 1. The van der Waals surface area contributed by atoms with Crippen molar-refractivity contribution < 1.29 is 4.74 Å². The summed E-state index contributed by atoms with van der Waals surface area (Å²) in [5, 5.41) is 3.50. The van der Waals surface area contributed by atoms with Gasteiger partial charge in [0.25, 0.3) is 0 Å². The Kier molecular flexibility index (Phi) is 7.42. The van der Waals surface area contributed by atoms with Crippen molar-refractivity contribution in [1.82, 2.24) is 5.32 Å². The fourth-order valence-corrected chi connectivity index (χ4v) is 2.32. The molecule has 1 N–H and O–H groups in total. The van der Waals surface area contributed by atoms with E-state index in [1.54, 1.807) is 7.11 Å². The molecule has 0 saturated heterocycles. The molecular formula is C15H25BrN2O. The van der Waals surface area contributed by atoms with Crippen LogP contribution in [0.25, 0.3) is 0 Å². The molecule has 3 nitrogen and oxygen atoms in total. The molecule has 1 aromatic carbocycles. The van der Waals surface area contributed by atoms with Gasteiger partial charge in [-0.1, -0.05) is 29.8 Å². The average molecular weight is 329 g/mol. The lowest BCUT2D eigenvalue weighted by Crippen LogP contribution is -2.25. The maximum absolute atomic E-state index is 5.14. The van der Waals surface area contributed by atoms with Crippen molar-refractivity contribution in [3.05, 3.63) is 28.2 Å². The molecule has 0 spiro atoms. The number of likely N-dealkylation sites (N-methyl/N-ethyl adjacent to an activating group) is 1. The van der Waals surface area contributed by atoms with Gasteiger partial charge in [0.15, 0.2) is 0 Å². The number of methoxy groups -OCH3 is 1. The summed E-state index contributed by atoms with van der Waals surface area (Å²) in [6.07, 6.45) is 0. The summed E-state index contributed by atoms with van der Waals surface area (Å²) in [7, 11) is 3.84. The van der Waals surface area contributed by atoms with Gasteiger partial charge in [0.2, 0.25) is 0 Å². The van der Waals surface area contributed by atoms with E-state index in [1.165, 1.54) is 11.3 Å². The summed E-state index contributed by atoms with van der Waals surface area (Å²) in [6.45, 7) is 8.01. The number of hydrogen-bond donors (Lipinski definition) is 1. The largest absolute Gasteiger partial charge is 0.383 e. The second-order valence-electron chi connectivity index (χ2n) is 5.21. The van der Waals surface area contributed by atoms with E-state index in [0.29, 0.717) is 5.92 Å². The van der Waals surface area contributed by atoms with Gasteiger partial charge in [0.05, 0.1) is 6.61 Å². The summed E-state index contributed by atoms with van der Waals surface area (Å²) in [5.41, 5.74) is 2.57. The summed E-state index contributed by atoms with van der Waals surface area (Å²) in [4.78, 5) is 2.24. The Morgan fingerprint density at radius 1 is 1.37 bits per heavy atom. The van der Waals surface area contributed by atoms with Gasteiger partial charge in [-0.2, -0.15) is 0 Å². The number of hydrogen-bond acceptors (Lipinski definition) is 3. The summed E-state index contributed by atoms with van der Waals surface area (Å²) in [5.74, 6) is 0.668. The molecule has 0 aromatic heterocycles. The quantitative estimate of drug-likeness (QED) is 0.792. The lowest BCUT2D eigenvalue weighted by atomic mass is 10.1. The van der Waals surface area contributed by atoms with E-state index < -0.39 is 0 Å². The van der Waals surface area contributed by atoms with E-state index in [9.17, 15) is 0 Å². The molecule has 108 valence electrons. The smallest absolute Gasteiger partial charge is 0.0637 e. The predicted molar refractivity (Wildman–Crippen MR) is 85.8 cm³/mol. The zero-order valence-corrected chi connectivity index (χ0v) is 14.0. The highest BCUT2D eigenvalue weighted by molar-refractivity contribution is 9.10. The minimum atomic E-state index is 0.668. The summed E-state index contributed by atoms with van der Waals surface area (Å²) in [6, 6.07) is 6.43. The van der Waals surface area contributed by atoms with Crippen molar-refractivity contribution in [3.8, 4) is 0 Å². The zero-order chi connectivity index (χ0) is 14.3. The van der Waals surface area contributed by atoms with Crippen LogP contribution < -0.4 is 10.2 Å². The Labute approximate surface area is 125 Å². The molecule has 0 bridgehead atoms. The van der Waals surface area contributed by atoms with Crippen LogP contribution in [0.2, 0.25) is 0 Å². The molecule has 19 heavy (non-hydrogen) atoms. The first-order chi connectivity index (χ1) is 9.04. The molecule has 0 amide bonds. The van der Waals surface area contributed by atoms with Gasteiger partial charge in [-0.15, -0.1) is 0 Å². The lowest BCUT2D eigenvalue weighted by molar-refractivity contribution is 0.206. The topological polar surface area (TPSA) is 24.5 Å². The van der Waals surface area contributed by atoms with Gasteiger partial charge in [0, 0.05) is 37.4 Å². The fraction of sp³-hybridized carbons (Fsp3) is 0.600. The van der Waals surface area contributed by atoms with E-state index in [4.69, 9.17) is 4.74 Å². The van der Waals surface area contributed by atoms with Crippen LogP contribution in [0.3, 0.4) is 0 Å². The molecule has 1 aromatic rings. The molecule has 0 aliphatic rings. The number of nitrogens with one attached hydrogen (secondary N) is 1. The third-order valence-corrected chi connectivity index (χ3v) is 3.44. The Morgan fingerprint density at radius 3 is 2.74 bits per heavy atom. The maximum Gasteiger partial charge on any atom is 0.0637 e. The van der Waals surface area contributed by atoms with Gasteiger partial charge in [-0.05, 0) is 36.2 Å². The lowest BCUT2D eigenvalue weighted by Gasteiger charge is -2.23. The van der Waals surface area contributed by atoms with Gasteiger partial charge < -0.3 is 15.0 Å². The molecule has 0 radical (unpaired) electrons. The number of benzene rings is 1. The van der Waals surface area contributed by atoms with Crippen molar-refractivity contribution in [2.75, 3.05) is 38.8 Å². The minimum absolute atomic E-state index is 0.668. The second-order valence-corrected chi connectivity index (χ2v) is 6.13. The van der Waals surface area contributed by atoms with Gasteiger partial charge >= 0.3 is 0 Å². The van der Waals surface area contributed by atoms with Gasteiger partial charge in [-0.25, -0.2) is 0 Å². The van der Waals surface area contributed by atoms with Crippen molar-refractivity contribution in [2.24, 2.45) is 5.92 Å². The average Bonchev–Trinajstić information content (AvgIpc) is 2.35. The highest BCUT2D eigenvalue weighted by atomic mass is 79.9. The molecule has 0 aliphatic heterocycles. The molecule has 0 unspecified atom stereocenters. The third-order valence-electron chi connectivity index (χ3n) is 2.95. The summed E-state index contributed by atoms with van der Waals surface area (Å²) >= 11 is 3.55. The van der Waals surface area contributed by atoms with E-state index >= 15 is 0 Å². The molecule has 0 fully saturated rings. The minimum Gasteiger partial charge on any atom is -0.383 e. The van der Waals surface area contributed by atoms with Crippen LogP contribution in [0.15, 0.2) is 22.7 Å². The molecule has 0 heterocycles. The predicted octanol–water partition coefficient (Wildman–Crippen LogP) is 3.28. The van der Waals surface area contributed by atoms with Crippen LogP contribution in [0.1, 0.15) is 19.4 Å². The van der Waals surface area contributed by atoms with E-state index in [0.717, 1.165) is 30.7 Å². The van der Waals surface area contributed by atoms with Gasteiger partial charge in [-0.3, -0.25) is 0 Å². The van der Waals surface area contributed by atoms with Crippen molar-refractivity contribution in [3.63, 3.8) is 0 Å². The third kappa shape index (κ3) is 5.93. The van der Waals surface area contributed by atoms with Crippen LogP contribution in [-0.2, 0) is 11.3 Å². The Balaban J connectivity index is 2.73. The van der Waals surface area contributed by atoms with Crippen molar-refractivity contribution in [1.29, 1.82) is 0 Å². The first-order valence-electron chi connectivity index (χ1n) is 6.73. The fourth-order valence-electron chi connectivity index (χ4n) is 1.91. The molecule has 0 saturated carbocycles. The molecule has 0 atom stereocenters. The van der Waals surface area contributed by atoms with Crippen molar-refractivity contribution >= 4 is 21.6 Å². The molecule has 4 heteroatoms. The van der Waals surface area contributed by atoms with E-state index in [2.05, 4.69) is 65.2 Å². The second kappa shape index (κ2) is 8.56. The first-order valence-corrected chi connectivity index (χ1v) is 7.53. The van der Waals surface area contributed by atoms with Crippen LogP contribution in [0, 0.1) is 5.92 Å². The van der Waals surface area contributed by atoms with Crippen LogP contribution in [0.5, 0.6) is 0 Å². The molecular weight excluding hydrogens is 304 g/mol. The van der Waals surface area contributed by atoms with E-state index in [1.807, 2.05) is 0 Å². The SMILES string of the molecule is COCCN(C)c1ccc(Br)cc1CNCC(C)C. The first kappa shape index (κ1) is 16.5. The zero-order valence-electron chi connectivity index (χ0n) is 12.4. The standard InChI is InChI=1S/C15H25BrN2O/c1-12(2)10-17-11-13-9-14(16)5-6-15(13)18(3)7-8-19-4/h5-6,9,12,17H,7-8,10-11H2,1-4H3. The highest BCUT2D eigenvalue weighted by Gasteiger charge is 2.08. The van der Waals surface area contributed by atoms with E-state index in [-0.39, 0.29) is 0 Å². The monoisotopic (exact) mass is 328 g/mol. The highest BCUT2D eigenvalue weighted by Crippen LogP contribution is 2.23. The summed E-state index contributed by atoms with van der Waals surface area (Å²) < 4.78 is 6.27. The van der Waals surface area contributed by atoms with Crippen molar-refractivity contribution in [2.45, 2.75) is 20.4 Å². The number of halogens is 1. The van der Waals surface area contributed by atoms with Crippen LogP contribution in [0.4, 0.5) is 5.69 Å². The van der Waals surface area contributed by atoms with Gasteiger partial charge in [0.1, 0.15) is 0 Å². The number of nitrogens with zero attached hydrogens (tertiary/aromatic N) is 1. The normalized spacial score (nSPS) is 11.1. The molecule has 1 rings (SSSR count). The van der Waals surface area contributed by atoms with Crippen LogP contribution >= 0.6 is 15.9 Å². The molecule has 0 aliphatic carbocycles. The number of anilines is 1. The Morgan fingerprint density at radius 2 is 2.11 bits per heavy atom. The Bertz CT molecular complexity index is 382. The van der Waals surface area contributed by atoms with Crippen LogP contribution in [-0.4, -0.2) is 33.9 Å². The Hall–Kier alpha value is -0.580. The number of rotatable bonds is 8. The maximum atomic E-state index is 5.14.